The van der Waals surface area contributed by atoms with Crippen molar-refractivity contribution in [3.63, 3.8) is 0 Å². The zero-order valence-electron chi connectivity index (χ0n) is 17.7. The van der Waals surface area contributed by atoms with Crippen LogP contribution in [0.2, 0.25) is 0 Å². The lowest BCUT2D eigenvalue weighted by Gasteiger charge is -2.16. The lowest BCUT2D eigenvalue weighted by Crippen LogP contribution is -2.16. The summed E-state index contributed by atoms with van der Waals surface area (Å²) in [6.07, 6.45) is -1.21. The maximum Gasteiger partial charge on any atom is 0.416 e. The van der Waals surface area contributed by atoms with Gasteiger partial charge in [-0.15, -0.1) is 0 Å². The summed E-state index contributed by atoms with van der Waals surface area (Å²) >= 11 is 0. The molecule has 0 aliphatic rings. The highest BCUT2D eigenvalue weighted by Crippen LogP contribution is 2.40. The molecule has 3 rings (SSSR count). The number of anilines is 1. The average molecular weight is 449 g/mol. The number of carbonyl (C=O) groups is 1. The number of alkyl halides is 3. The number of methoxy groups -OCH3 is 3. The van der Waals surface area contributed by atoms with Gasteiger partial charge in [-0.2, -0.15) is 18.3 Å². The number of hydrogen-bond donors (Lipinski definition) is 1. The smallest absolute Gasteiger partial charge is 0.416 e. The number of aryl methyl sites for hydroxylation is 1. The first-order valence-electron chi connectivity index (χ1n) is 9.57. The van der Waals surface area contributed by atoms with E-state index in [0.29, 0.717) is 28.5 Å². The van der Waals surface area contributed by atoms with Crippen molar-refractivity contribution in [2.75, 3.05) is 26.6 Å². The van der Waals surface area contributed by atoms with Crippen LogP contribution >= 0.6 is 0 Å². The average Bonchev–Trinajstić information content (AvgIpc) is 3.30. The Morgan fingerprint density at radius 3 is 2.41 bits per heavy atom. The van der Waals surface area contributed by atoms with E-state index in [0.717, 1.165) is 12.1 Å². The highest BCUT2D eigenvalue weighted by Gasteiger charge is 2.31. The standard InChI is InChI=1S/C22H22F3N3O4/c1-30-18-9-5-14(20(31-2)21(18)32-3)6-10-19(29)27-16-13-15(22(23,24)25)7-8-17(16)28-12-4-11-26-28/h4-5,7-9,11-13H,6,10H2,1-3H3,(H,27,29). The summed E-state index contributed by atoms with van der Waals surface area (Å²) in [5, 5.41) is 6.61. The van der Waals surface area contributed by atoms with Crippen LogP contribution in [0.4, 0.5) is 18.9 Å². The van der Waals surface area contributed by atoms with Gasteiger partial charge in [0, 0.05) is 18.8 Å². The van der Waals surface area contributed by atoms with Crippen LogP contribution in [-0.4, -0.2) is 37.0 Å². The van der Waals surface area contributed by atoms with Crippen LogP contribution < -0.4 is 19.5 Å². The van der Waals surface area contributed by atoms with Crippen LogP contribution in [-0.2, 0) is 17.4 Å². The molecule has 0 aliphatic carbocycles. The molecule has 1 heterocycles. The number of ether oxygens (including phenoxy) is 3. The first-order chi connectivity index (χ1) is 15.3. The monoisotopic (exact) mass is 449 g/mol. The van der Waals surface area contributed by atoms with Crippen LogP contribution in [0.25, 0.3) is 5.69 Å². The molecule has 0 radical (unpaired) electrons. The largest absolute Gasteiger partial charge is 0.493 e. The Balaban J connectivity index is 1.82. The molecule has 0 atom stereocenters. The molecule has 170 valence electrons. The van der Waals surface area contributed by atoms with Gasteiger partial charge >= 0.3 is 6.18 Å². The van der Waals surface area contributed by atoms with E-state index < -0.39 is 17.6 Å². The van der Waals surface area contributed by atoms with Gasteiger partial charge in [-0.3, -0.25) is 4.79 Å². The van der Waals surface area contributed by atoms with Crippen molar-refractivity contribution < 1.29 is 32.2 Å². The molecule has 3 aromatic rings. The van der Waals surface area contributed by atoms with E-state index >= 15 is 0 Å². The van der Waals surface area contributed by atoms with E-state index in [1.54, 1.807) is 24.4 Å². The lowest BCUT2D eigenvalue weighted by molar-refractivity contribution is -0.137. The minimum absolute atomic E-state index is 0.000631. The Bertz CT molecular complexity index is 1080. The second kappa shape index (κ2) is 9.63. The van der Waals surface area contributed by atoms with E-state index in [1.807, 2.05) is 0 Å². The Morgan fingerprint density at radius 1 is 1.06 bits per heavy atom. The van der Waals surface area contributed by atoms with Gasteiger partial charge < -0.3 is 19.5 Å². The van der Waals surface area contributed by atoms with Crippen molar-refractivity contribution in [2.24, 2.45) is 0 Å². The van der Waals surface area contributed by atoms with Crippen LogP contribution in [0, 0.1) is 0 Å². The highest BCUT2D eigenvalue weighted by atomic mass is 19.4. The molecule has 1 N–H and O–H groups in total. The lowest BCUT2D eigenvalue weighted by atomic mass is 10.1. The number of nitrogens with zero attached hydrogens (tertiary/aromatic N) is 2. The molecule has 0 aliphatic heterocycles. The summed E-state index contributed by atoms with van der Waals surface area (Å²) in [5.41, 5.74) is 0.148. The second-order valence-corrected chi connectivity index (χ2v) is 6.72. The molecule has 1 aromatic heterocycles. The molecule has 2 aromatic carbocycles. The summed E-state index contributed by atoms with van der Waals surface area (Å²) in [4.78, 5) is 12.6. The van der Waals surface area contributed by atoms with Crippen LogP contribution in [0.15, 0.2) is 48.8 Å². The zero-order chi connectivity index (χ0) is 23.3. The maximum atomic E-state index is 13.2. The number of carbonyl (C=O) groups excluding carboxylic acids is 1. The Labute approximate surface area is 182 Å². The summed E-state index contributed by atoms with van der Waals surface area (Å²) in [5.74, 6) is 0.836. The minimum Gasteiger partial charge on any atom is -0.493 e. The number of hydrogen-bond acceptors (Lipinski definition) is 5. The van der Waals surface area contributed by atoms with Crippen molar-refractivity contribution in [3.05, 3.63) is 59.9 Å². The van der Waals surface area contributed by atoms with Gasteiger partial charge in [0.15, 0.2) is 11.5 Å². The summed E-state index contributed by atoms with van der Waals surface area (Å²) < 4.78 is 57.0. The molecule has 0 fully saturated rings. The van der Waals surface area contributed by atoms with Crippen molar-refractivity contribution in [1.82, 2.24) is 9.78 Å². The van der Waals surface area contributed by atoms with Gasteiger partial charge in [0.1, 0.15) is 0 Å². The predicted molar refractivity (Wildman–Crippen MR) is 112 cm³/mol. The van der Waals surface area contributed by atoms with E-state index in [4.69, 9.17) is 14.2 Å². The molecule has 0 saturated carbocycles. The first-order valence-corrected chi connectivity index (χ1v) is 9.57. The molecular weight excluding hydrogens is 427 g/mol. The van der Waals surface area contributed by atoms with Gasteiger partial charge in [-0.1, -0.05) is 6.07 Å². The van der Waals surface area contributed by atoms with E-state index in [9.17, 15) is 18.0 Å². The van der Waals surface area contributed by atoms with Crippen molar-refractivity contribution in [2.45, 2.75) is 19.0 Å². The fourth-order valence-corrected chi connectivity index (χ4v) is 3.24. The number of halogens is 3. The molecule has 32 heavy (non-hydrogen) atoms. The van der Waals surface area contributed by atoms with Crippen LogP contribution in [0.1, 0.15) is 17.5 Å². The molecule has 1 amide bonds. The van der Waals surface area contributed by atoms with Gasteiger partial charge in [-0.25, -0.2) is 4.68 Å². The SMILES string of the molecule is COc1ccc(CCC(=O)Nc2cc(C(F)(F)F)ccc2-n2cccn2)c(OC)c1OC. The molecular formula is C22H22F3N3O4. The highest BCUT2D eigenvalue weighted by molar-refractivity contribution is 5.93. The molecule has 7 nitrogen and oxygen atoms in total. The number of amides is 1. The maximum absolute atomic E-state index is 13.2. The number of rotatable bonds is 8. The zero-order valence-corrected chi connectivity index (χ0v) is 17.7. The third kappa shape index (κ3) is 4.96. The molecule has 0 spiro atoms. The molecule has 0 bridgehead atoms. The summed E-state index contributed by atoms with van der Waals surface area (Å²) in [6.45, 7) is 0. The molecule has 0 saturated heterocycles. The molecule has 10 heteroatoms. The van der Waals surface area contributed by atoms with E-state index in [2.05, 4.69) is 10.4 Å². The fraction of sp³-hybridized carbons (Fsp3) is 0.273. The Morgan fingerprint density at radius 2 is 1.81 bits per heavy atom. The van der Waals surface area contributed by atoms with Gasteiger partial charge in [0.25, 0.3) is 0 Å². The van der Waals surface area contributed by atoms with Crippen molar-refractivity contribution >= 4 is 11.6 Å². The first kappa shape index (κ1) is 23.0. The molecule has 0 unspecified atom stereocenters. The van der Waals surface area contributed by atoms with Crippen molar-refractivity contribution in [3.8, 4) is 22.9 Å². The Kier molecular flexibility index (Phi) is 6.92. The number of benzene rings is 2. The van der Waals surface area contributed by atoms with Gasteiger partial charge in [0.2, 0.25) is 11.7 Å². The third-order valence-electron chi connectivity index (χ3n) is 4.76. The number of aromatic nitrogens is 2. The predicted octanol–water partition coefficient (Wildman–Crippen LogP) is 4.49. The number of nitrogens with one attached hydrogen (secondary N) is 1. The topological polar surface area (TPSA) is 74.6 Å². The van der Waals surface area contributed by atoms with Crippen LogP contribution in [0.3, 0.4) is 0 Å². The van der Waals surface area contributed by atoms with Gasteiger partial charge in [-0.05, 0) is 42.3 Å². The van der Waals surface area contributed by atoms with E-state index in [-0.39, 0.29) is 18.5 Å². The van der Waals surface area contributed by atoms with Crippen molar-refractivity contribution in [1.29, 1.82) is 0 Å². The fourth-order valence-electron chi connectivity index (χ4n) is 3.24. The summed E-state index contributed by atoms with van der Waals surface area (Å²) in [7, 11) is 4.44. The third-order valence-corrected chi connectivity index (χ3v) is 4.76. The van der Waals surface area contributed by atoms with E-state index in [1.165, 1.54) is 38.3 Å². The normalized spacial score (nSPS) is 11.2. The van der Waals surface area contributed by atoms with Crippen LogP contribution in [0.5, 0.6) is 17.2 Å². The minimum atomic E-state index is -4.55. The van der Waals surface area contributed by atoms with Gasteiger partial charge in [0.05, 0.1) is 38.3 Å². The second-order valence-electron chi connectivity index (χ2n) is 6.72. The Hall–Kier alpha value is -3.69. The quantitative estimate of drug-likeness (QED) is 0.549. The summed E-state index contributed by atoms with van der Waals surface area (Å²) in [6, 6.07) is 8.17.